The number of nitrogens with zero attached hydrogens (tertiary/aromatic N) is 1. The number of aromatic nitrogens is 1. The summed E-state index contributed by atoms with van der Waals surface area (Å²) in [6, 6.07) is 4.13. The summed E-state index contributed by atoms with van der Waals surface area (Å²) in [4.78, 5) is 4.39. The Bertz CT molecular complexity index is 321. The van der Waals surface area contributed by atoms with Crippen LogP contribution in [0.25, 0.3) is 0 Å². The monoisotopic (exact) mass is 236 g/mol. The van der Waals surface area contributed by atoms with E-state index in [0.29, 0.717) is 6.61 Å². The van der Waals surface area contributed by atoms with E-state index in [0.717, 1.165) is 38.4 Å². The molecule has 0 aliphatic carbocycles. The van der Waals surface area contributed by atoms with Gasteiger partial charge in [0.2, 0.25) is 0 Å². The molecular weight excluding hydrogens is 216 g/mol. The molecule has 0 spiro atoms. The van der Waals surface area contributed by atoms with E-state index in [1.165, 1.54) is 5.56 Å². The number of hydrogen-bond donors (Lipinski definition) is 1. The maximum atomic E-state index is 5.71. The van der Waals surface area contributed by atoms with Gasteiger partial charge in [-0.25, -0.2) is 0 Å². The minimum atomic E-state index is 0.248. The predicted octanol–water partition coefficient (Wildman–Crippen LogP) is 1.50. The fraction of sp³-hybridized carbons (Fsp3) is 0.615. The van der Waals surface area contributed by atoms with Gasteiger partial charge in [0.15, 0.2) is 0 Å². The lowest BCUT2D eigenvalue weighted by molar-refractivity contribution is 0.0301. The molecule has 1 saturated heterocycles. The molecule has 2 heterocycles. The van der Waals surface area contributed by atoms with Crippen LogP contribution in [0.1, 0.15) is 24.6 Å². The van der Waals surface area contributed by atoms with Crippen LogP contribution in [0, 0.1) is 0 Å². The highest BCUT2D eigenvalue weighted by Crippen LogP contribution is 2.10. The molecule has 1 aliphatic heterocycles. The van der Waals surface area contributed by atoms with E-state index in [-0.39, 0.29) is 6.10 Å². The molecule has 0 saturated carbocycles. The van der Waals surface area contributed by atoms with Crippen molar-refractivity contribution in [2.45, 2.75) is 32.6 Å². The van der Waals surface area contributed by atoms with E-state index < -0.39 is 0 Å². The molecule has 1 aliphatic rings. The van der Waals surface area contributed by atoms with E-state index in [4.69, 9.17) is 9.47 Å². The Morgan fingerprint density at radius 1 is 1.53 bits per heavy atom. The lowest BCUT2D eigenvalue weighted by atomic mass is 10.2. The van der Waals surface area contributed by atoms with Crippen LogP contribution >= 0.6 is 0 Å². The Hall–Kier alpha value is -0.970. The summed E-state index contributed by atoms with van der Waals surface area (Å²) in [7, 11) is 0. The summed E-state index contributed by atoms with van der Waals surface area (Å²) in [5.74, 6) is 0. The molecule has 4 heteroatoms. The van der Waals surface area contributed by atoms with Gasteiger partial charge in [-0.05, 0) is 24.6 Å². The zero-order chi connectivity index (χ0) is 11.9. The first-order chi connectivity index (χ1) is 8.38. The highest BCUT2D eigenvalue weighted by atomic mass is 16.5. The van der Waals surface area contributed by atoms with E-state index >= 15 is 0 Å². The van der Waals surface area contributed by atoms with E-state index in [1.807, 2.05) is 12.3 Å². The Morgan fingerprint density at radius 3 is 3.12 bits per heavy atom. The third-order valence-electron chi connectivity index (χ3n) is 2.82. The van der Waals surface area contributed by atoms with Gasteiger partial charge in [0.1, 0.15) is 0 Å². The van der Waals surface area contributed by atoms with Crippen molar-refractivity contribution in [1.29, 1.82) is 0 Å². The van der Waals surface area contributed by atoms with Crippen LogP contribution < -0.4 is 5.32 Å². The SMILES string of the molecule is CCNCc1ccc(COC2CCOC2)nc1. The second-order valence-electron chi connectivity index (χ2n) is 4.23. The van der Waals surface area contributed by atoms with E-state index in [9.17, 15) is 0 Å². The fourth-order valence-corrected chi connectivity index (χ4v) is 1.76. The van der Waals surface area contributed by atoms with Gasteiger partial charge in [0.05, 0.1) is 25.0 Å². The molecule has 0 aromatic carbocycles. The smallest absolute Gasteiger partial charge is 0.0892 e. The predicted molar refractivity (Wildman–Crippen MR) is 65.6 cm³/mol. The van der Waals surface area contributed by atoms with E-state index in [1.54, 1.807) is 0 Å². The van der Waals surface area contributed by atoms with Gasteiger partial charge in [-0.3, -0.25) is 4.98 Å². The largest absolute Gasteiger partial charge is 0.379 e. The van der Waals surface area contributed by atoms with Crippen molar-refractivity contribution >= 4 is 0 Å². The summed E-state index contributed by atoms with van der Waals surface area (Å²) in [5, 5.41) is 3.27. The van der Waals surface area contributed by atoms with Crippen molar-refractivity contribution in [3.05, 3.63) is 29.6 Å². The molecular formula is C13H20N2O2. The van der Waals surface area contributed by atoms with Crippen LogP contribution in [0.4, 0.5) is 0 Å². The first-order valence-corrected chi connectivity index (χ1v) is 6.22. The Kier molecular flexibility index (Phi) is 4.91. The summed E-state index contributed by atoms with van der Waals surface area (Å²) in [6.07, 6.45) is 3.16. The summed E-state index contributed by atoms with van der Waals surface area (Å²) in [6.45, 7) is 6.07. The topological polar surface area (TPSA) is 43.4 Å². The first-order valence-electron chi connectivity index (χ1n) is 6.22. The number of hydrogen-bond acceptors (Lipinski definition) is 4. The molecule has 94 valence electrons. The molecule has 0 radical (unpaired) electrons. The Labute approximate surface area is 102 Å². The number of nitrogens with one attached hydrogen (secondary N) is 1. The molecule has 4 nitrogen and oxygen atoms in total. The van der Waals surface area contributed by atoms with Crippen molar-refractivity contribution in [3.63, 3.8) is 0 Å². The van der Waals surface area contributed by atoms with Gasteiger partial charge >= 0.3 is 0 Å². The third-order valence-corrected chi connectivity index (χ3v) is 2.82. The molecule has 2 rings (SSSR count). The minimum absolute atomic E-state index is 0.248. The average molecular weight is 236 g/mol. The highest BCUT2D eigenvalue weighted by molar-refractivity contribution is 5.13. The van der Waals surface area contributed by atoms with Crippen LogP contribution in [0.3, 0.4) is 0 Å². The summed E-state index contributed by atoms with van der Waals surface area (Å²) >= 11 is 0. The normalized spacial score (nSPS) is 19.7. The summed E-state index contributed by atoms with van der Waals surface area (Å²) < 4.78 is 11.0. The van der Waals surface area contributed by atoms with Crippen LogP contribution in [0.5, 0.6) is 0 Å². The van der Waals surface area contributed by atoms with Crippen molar-refractivity contribution in [2.75, 3.05) is 19.8 Å². The van der Waals surface area contributed by atoms with E-state index in [2.05, 4.69) is 23.3 Å². The molecule has 1 aromatic heterocycles. The second-order valence-corrected chi connectivity index (χ2v) is 4.23. The fourth-order valence-electron chi connectivity index (χ4n) is 1.76. The standard InChI is InChI=1S/C13H20N2O2/c1-2-14-7-11-3-4-12(15-8-11)9-17-13-5-6-16-10-13/h3-4,8,13-14H,2,5-7,9-10H2,1H3. The average Bonchev–Trinajstić information content (AvgIpc) is 2.88. The molecule has 0 amide bonds. The quantitative estimate of drug-likeness (QED) is 0.813. The van der Waals surface area contributed by atoms with Crippen LogP contribution in [-0.2, 0) is 22.6 Å². The third kappa shape index (κ3) is 4.07. The minimum Gasteiger partial charge on any atom is -0.379 e. The van der Waals surface area contributed by atoms with Crippen molar-refractivity contribution in [3.8, 4) is 0 Å². The highest BCUT2D eigenvalue weighted by Gasteiger charge is 2.15. The Balaban J connectivity index is 1.76. The van der Waals surface area contributed by atoms with Crippen molar-refractivity contribution in [1.82, 2.24) is 10.3 Å². The molecule has 1 N–H and O–H groups in total. The molecule has 0 bridgehead atoms. The summed E-state index contributed by atoms with van der Waals surface area (Å²) in [5.41, 5.74) is 2.19. The van der Waals surface area contributed by atoms with Crippen molar-refractivity contribution < 1.29 is 9.47 Å². The zero-order valence-electron chi connectivity index (χ0n) is 10.3. The van der Waals surface area contributed by atoms with Gasteiger partial charge in [0, 0.05) is 19.3 Å². The molecule has 1 fully saturated rings. The Morgan fingerprint density at radius 2 is 2.47 bits per heavy atom. The molecule has 1 unspecified atom stereocenters. The lowest BCUT2D eigenvalue weighted by Crippen LogP contribution is -2.13. The van der Waals surface area contributed by atoms with Crippen LogP contribution in [0.15, 0.2) is 18.3 Å². The number of rotatable bonds is 6. The van der Waals surface area contributed by atoms with Crippen LogP contribution in [-0.4, -0.2) is 30.8 Å². The van der Waals surface area contributed by atoms with Gasteiger partial charge in [-0.1, -0.05) is 13.0 Å². The van der Waals surface area contributed by atoms with Gasteiger partial charge in [-0.15, -0.1) is 0 Å². The van der Waals surface area contributed by atoms with Crippen LogP contribution in [0.2, 0.25) is 0 Å². The van der Waals surface area contributed by atoms with Gasteiger partial charge < -0.3 is 14.8 Å². The maximum Gasteiger partial charge on any atom is 0.0892 e. The number of ether oxygens (including phenoxy) is 2. The molecule has 1 atom stereocenters. The van der Waals surface area contributed by atoms with Crippen molar-refractivity contribution in [2.24, 2.45) is 0 Å². The molecule has 17 heavy (non-hydrogen) atoms. The van der Waals surface area contributed by atoms with Gasteiger partial charge in [0.25, 0.3) is 0 Å². The zero-order valence-corrected chi connectivity index (χ0v) is 10.3. The maximum absolute atomic E-state index is 5.71. The number of pyridine rings is 1. The second kappa shape index (κ2) is 6.69. The first kappa shape index (κ1) is 12.5. The van der Waals surface area contributed by atoms with Gasteiger partial charge in [-0.2, -0.15) is 0 Å². The lowest BCUT2D eigenvalue weighted by Gasteiger charge is -2.09. The molecule has 1 aromatic rings.